The Morgan fingerprint density at radius 3 is 2.61 bits per heavy atom. The average molecular weight is 476 g/mol. The van der Waals surface area contributed by atoms with Crippen LogP contribution in [0.1, 0.15) is 9.67 Å². The number of thiophene rings is 1. The van der Waals surface area contributed by atoms with Gasteiger partial charge in [-0.1, -0.05) is 41.3 Å². The van der Waals surface area contributed by atoms with Gasteiger partial charge in [-0.15, -0.1) is 21.5 Å². The molecule has 0 spiro atoms. The third-order valence-electron chi connectivity index (χ3n) is 4.73. The van der Waals surface area contributed by atoms with Gasteiger partial charge >= 0.3 is 0 Å². The van der Waals surface area contributed by atoms with Gasteiger partial charge in [0.2, 0.25) is 11.0 Å². The second kappa shape index (κ2) is 10.1. The maximum absolute atomic E-state index is 12.6. The highest BCUT2D eigenvalue weighted by Gasteiger charge is 2.25. The van der Waals surface area contributed by atoms with Crippen LogP contribution in [0.15, 0.2) is 46.1 Å². The van der Waals surface area contributed by atoms with Crippen molar-refractivity contribution in [3.05, 3.63) is 46.7 Å². The van der Waals surface area contributed by atoms with E-state index in [-0.39, 0.29) is 11.8 Å². The van der Waals surface area contributed by atoms with Gasteiger partial charge in [-0.3, -0.25) is 9.59 Å². The molecule has 3 heterocycles. The summed E-state index contributed by atoms with van der Waals surface area (Å²) in [6, 6.07) is 11.3. The van der Waals surface area contributed by atoms with Gasteiger partial charge in [0.25, 0.3) is 5.91 Å². The quantitative estimate of drug-likeness (QED) is 0.524. The number of hydrogen-bond donors (Lipinski definition) is 1. The number of anilines is 2. The summed E-state index contributed by atoms with van der Waals surface area (Å²) in [4.78, 5) is 29.4. The summed E-state index contributed by atoms with van der Waals surface area (Å²) in [6.45, 7) is 2.21. The van der Waals surface area contributed by atoms with Crippen molar-refractivity contribution in [2.24, 2.45) is 0 Å². The Kier molecular flexibility index (Phi) is 7.05. The predicted octanol–water partition coefficient (Wildman–Crippen LogP) is 3.43. The Balaban J connectivity index is 1.25. The zero-order chi connectivity index (χ0) is 21.6. The van der Waals surface area contributed by atoms with Crippen molar-refractivity contribution in [1.82, 2.24) is 20.0 Å². The highest BCUT2D eigenvalue weighted by Crippen LogP contribution is 2.31. The van der Waals surface area contributed by atoms with E-state index in [2.05, 4.69) is 15.5 Å². The van der Waals surface area contributed by atoms with Gasteiger partial charge in [-0.05, 0) is 23.6 Å². The summed E-state index contributed by atoms with van der Waals surface area (Å²) >= 11 is 4.21. The number of methoxy groups -OCH3 is 1. The highest BCUT2D eigenvalue weighted by atomic mass is 32.2. The highest BCUT2D eigenvalue weighted by molar-refractivity contribution is 8.01. The fourth-order valence-corrected chi connectivity index (χ4v) is 5.47. The summed E-state index contributed by atoms with van der Waals surface area (Å²) in [5.74, 6) is 1.10. The van der Waals surface area contributed by atoms with E-state index in [4.69, 9.17) is 4.74 Å². The van der Waals surface area contributed by atoms with E-state index in [1.165, 1.54) is 34.4 Å². The van der Waals surface area contributed by atoms with E-state index in [0.717, 1.165) is 20.7 Å². The molecule has 11 heteroatoms. The lowest BCUT2D eigenvalue weighted by molar-refractivity contribution is -0.129. The number of aromatic nitrogens is 2. The first-order valence-electron chi connectivity index (χ1n) is 9.61. The second-order valence-corrected chi connectivity index (χ2v) is 9.79. The van der Waals surface area contributed by atoms with Crippen LogP contribution in [0.4, 0.5) is 10.8 Å². The zero-order valence-corrected chi connectivity index (χ0v) is 19.3. The fourth-order valence-electron chi connectivity index (χ4n) is 3.11. The molecule has 1 aliphatic rings. The first-order chi connectivity index (χ1) is 15.1. The molecule has 4 rings (SSSR count). The molecule has 0 atom stereocenters. The van der Waals surface area contributed by atoms with Gasteiger partial charge in [0.05, 0.1) is 23.4 Å². The molecule has 1 fully saturated rings. The number of carbonyl (C=O) groups is 2. The minimum atomic E-state index is 0.0420. The molecule has 1 saturated heterocycles. The van der Waals surface area contributed by atoms with Gasteiger partial charge < -0.3 is 19.9 Å². The summed E-state index contributed by atoms with van der Waals surface area (Å²) in [5.41, 5.74) is 0.809. The van der Waals surface area contributed by atoms with Crippen molar-refractivity contribution in [2.75, 3.05) is 44.4 Å². The molecule has 1 aromatic carbocycles. The van der Waals surface area contributed by atoms with Crippen LogP contribution in [-0.2, 0) is 4.79 Å². The lowest BCUT2D eigenvalue weighted by Crippen LogP contribution is -2.50. The number of rotatable bonds is 7. The topological polar surface area (TPSA) is 87.7 Å². The van der Waals surface area contributed by atoms with Gasteiger partial charge in [-0.2, -0.15) is 0 Å². The molecule has 2 amide bonds. The first-order valence-corrected chi connectivity index (χ1v) is 12.3. The van der Waals surface area contributed by atoms with E-state index in [1.54, 1.807) is 12.0 Å². The molecule has 8 nitrogen and oxygen atoms in total. The van der Waals surface area contributed by atoms with Crippen LogP contribution in [-0.4, -0.2) is 70.9 Å². The van der Waals surface area contributed by atoms with E-state index in [1.807, 2.05) is 46.7 Å². The SMILES string of the molecule is COc1ccccc1Nc1nnc(SCC(=O)N2CCN(C(=O)c3cccs3)CC2)s1. The summed E-state index contributed by atoms with van der Waals surface area (Å²) in [7, 11) is 1.62. The Bertz CT molecular complexity index is 1030. The van der Waals surface area contributed by atoms with Crippen molar-refractivity contribution < 1.29 is 14.3 Å². The summed E-state index contributed by atoms with van der Waals surface area (Å²) in [5, 5.41) is 14.0. The summed E-state index contributed by atoms with van der Waals surface area (Å²) < 4.78 is 6.05. The molecule has 0 unspecified atom stereocenters. The van der Waals surface area contributed by atoms with Gasteiger partial charge in [-0.25, -0.2) is 0 Å². The number of nitrogens with one attached hydrogen (secondary N) is 1. The molecule has 1 aliphatic heterocycles. The van der Waals surface area contributed by atoms with E-state index in [0.29, 0.717) is 37.1 Å². The Labute approximate surface area is 192 Å². The number of carbonyl (C=O) groups excluding carboxylic acids is 2. The van der Waals surface area contributed by atoms with E-state index >= 15 is 0 Å². The lowest BCUT2D eigenvalue weighted by Gasteiger charge is -2.34. The number of nitrogens with zero attached hydrogens (tertiary/aromatic N) is 4. The molecule has 1 N–H and O–H groups in total. The van der Waals surface area contributed by atoms with Crippen LogP contribution in [0.2, 0.25) is 0 Å². The molecule has 162 valence electrons. The molecule has 3 aromatic rings. The van der Waals surface area contributed by atoms with Crippen molar-refractivity contribution in [2.45, 2.75) is 4.34 Å². The predicted molar refractivity (Wildman–Crippen MR) is 124 cm³/mol. The van der Waals surface area contributed by atoms with Crippen molar-refractivity contribution in [1.29, 1.82) is 0 Å². The number of amides is 2. The van der Waals surface area contributed by atoms with Crippen LogP contribution >= 0.6 is 34.4 Å². The van der Waals surface area contributed by atoms with Crippen LogP contribution in [0.3, 0.4) is 0 Å². The number of thioether (sulfide) groups is 1. The number of ether oxygens (including phenoxy) is 1. The van der Waals surface area contributed by atoms with Gasteiger partial charge in [0.15, 0.2) is 4.34 Å². The largest absolute Gasteiger partial charge is 0.495 e. The number of piperazine rings is 1. The van der Waals surface area contributed by atoms with Gasteiger partial charge in [0.1, 0.15) is 5.75 Å². The van der Waals surface area contributed by atoms with Gasteiger partial charge in [0, 0.05) is 26.2 Å². The number of benzene rings is 1. The molecule has 0 aliphatic carbocycles. The first kappa shape index (κ1) is 21.6. The maximum Gasteiger partial charge on any atom is 0.264 e. The molecule has 2 aromatic heterocycles. The molecule has 0 saturated carbocycles. The zero-order valence-electron chi connectivity index (χ0n) is 16.8. The van der Waals surface area contributed by atoms with Crippen LogP contribution in [0.25, 0.3) is 0 Å². The van der Waals surface area contributed by atoms with Crippen molar-refractivity contribution in [3.8, 4) is 5.75 Å². The van der Waals surface area contributed by atoms with Crippen molar-refractivity contribution >= 4 is 57.1 Å². The number of para-hydroxylation sites is 2. The smallest absolute Gasteiger partial charge is 0.264 e. The third-order valence-corrected chi connectivity index (χ3v) is 7.54. The van der Waals surface area contributed by atoms with E-state index < -0.39 is 0 Å². The Morgan fingerprint density at radius 1 is 1.10 bits per heavy atom. The fraction of sp³-hybridized carbons (Fsp3) is 0.300. The van der Waals surface area contributed by atoms with Crippen molar-refractivity contribution in [3.63, 3.8) is 0 Å². The lowest BCUT2D eigenvalue weighted by atomic mass is 10.3. The minimum absolute atomic E-state index is 0.0420. The summed E-state index contributed by atoms with van der Waals surface area (Å²) in [6.07, 6.45) is 0. The molecule has 0 bridgehead atoms. The Hall–Kier alpha value is -2.63. The molecule has 31 heavy (non-hydrogen) atoms. The van der Waals surface area contributed by atoms with Crippen LogP contribution < -0.4 is 10.1 Å². The standard InChI is InChI=1S/C20H21N5O3S3/c1-28-15-6-3-2-5-14(15)21-19-22-23-20(31-19)30-13-17(26)24-8-10-25(11-9-24)18(27)16-7-4-12-29-16/h2-7,12H,8-11,13H2,1H3,(H,21,22). The third kappa shape index (κ3) is 5.35. The number of hydrogen-bond acceptors (Lipinski definition) is 9. The molecule has 0 radical (unpaired) electrons. The molecular formula is C20H21N5O3S3. The average Bonchev–Trinajstić information content (AvgIpc) is 3.50. The monoisotopic (exact) mass is 475 g/mol. The van der Waals surface area contributed by atoms with Crippen LogP contribution in [0, 0.1) is 0 Å². The van der Waals surface area contributed by atoms with Crippen LogP contribution in [0.5, 0.6) is 5.75 Å². The molecular weight excluding hydrogens is 454 g/mol. The normalized spacial score (nSPS) is 13.8. The Morgan fingerprint density at radius 2 is 1.87 bits per heavy atom. The minimum Gasteiger partial charge on any atom is -0.495 e. The second-order valence-electron chi connectivity index (χ2n) is 6.64. The van der Waals surface area contributed by atoms with E-state index in [9.17, 15) is 9.59 Å². The maximum atomic E-state index is 12.6.